The summed E-state index contributed by atoms with van der Waals surface area (Å²) in [6, 6.07) is 0.187. The Morgan fingerprint density at radius 3 is 2.21 bits per heavy atom. The third-order valence-electron chi connectivity index (χ3n) is 2.41. The molecule has 14 heavy (non-hydrogen) atoms. The Bertz CT molecular complexity index is 262. The van der Waals surface area contributed by atoms with Crippen LogP contribution in [0.4, 0.5) is 0 Å². The van der Waals surface area contributed by atoms with Crippen LogP contribution < -0.4 is 5.09 Å². The molecule has 7 heteroatoms. The minimum absolute atomic E-state index is 0.187. The van der Waals surface area contributed by atoms with Gasteiger partial charge < -0.3 is 5.11 Å². The van der Waals surface area contributed by atoms with Crippen molar-refractivity contribution in [3.63, 3.8) is 0 Å². The van der Waals surface area contributed by atoms with Gasteiger partial charge in [-0.3, -0.25) is 9.88 Å². The summed E-state index contributed by atoms with van der Waals surface area (Å²) < 4.78 is 0. The Morgan fingerprint density at radius 1 is 1.36 bits per heavy atom. The number of hydrogen-bond donors (Lipinski definition) is 2. The summed E-state index contributed by atoms with van der Waals surface area (Å²) in [6.45, 7) is 0. The van der Waals surface area contributed by atoms with Crippen molar-refractivity contribution in [3.05, 3.63) is 0 Å². The van der Waals surface area contributed by atoms with E-state index in [1.165, 1.54) is 0 Å². The molecule has 0 spiro atoms. The molecular formula is C7H12Cl2NO2PS. The molecule has 1 aliphatic carbocycles. The molecule has 2 N–H and O–H groups in total. The van der Waals surface area contributed by atoms with Crippen LogP contribution in [-0.2, 0) is 16.6 Å². The molecule has 3 nitrogen and oxygen atoms in total. The summed E-state index contributed by atoms with van der Waals surface area (Å²) in [5.41, 5.74) is 0. The lowest BCUT2D eigenvalue weighted by Crippen LogP contribution is -2.31. The molecule has 0 bridgehead atoms. The van der Waals surface area contributed by atoms with E-state index >= 15 is 0 Å². The van der Waals surface area contributed by atoms with Gasteiger partial charge in [-0.25, -0.2) is 0 Å². The largest absolute Gasteiger partial charge is 0.481 e. The summed E-state index contributed by atoms with van der Waals surface area (Å²) in [5.74, 6) is -0.920. The second-order valence-electron chi connectivity index (χ2n) is 3.48. The van der Waals surface area contributed by atoms with Gasteiger partial charge in [-0.05, 0) is 37.5 Å². The fourth-order valence-corrected chi connectivity index (χ4v) is 3.64. The second-order valence-corrected chi connectivity index (χ2v) is 11.1. The van der Waals surface area contributed by atoms with Gasteiger partial charge in [-0.2, -0.15) is 0 Å². The SMILES string of the molecule is O=C(O)C1CCC(NP(=S)(Cl)Cl)CC1. The first-order chi connectivity index (χ1) is 6.38. The molecule has 1 saturated carbocycles. The van der Waals surface area contributed by atoms with E-state index in [-0.39, 0.29) is 12.0 Å². The Hall–Kier alpha value is 0.660. The highest BCUT2D eigenvalue weighted by Crippen LogP contribution is 2.53. The summed E-state index contributed by atoms with van der Waals surface area (Å²) in [4.78, 5) is 8.26. The van der Waals surface area contributed by atoms with E-state index in [4.69, 9.17) is 39.4 Å². The molecule has 0 aromatic rings. The fourth-order valence-electron chi connectivity index (χ4n) is 1.68. The van der Waals surface area contributed by atoms with Crippen molar-refractivity contribution in [2.45, 2.75) is 31.7 Å². The standard InChI is InChI=1S/C7H12Cl2NO2PS/c8-13(9,14)10-6-3-1-5(2-4-6)7(11)12/h5-6H,1-4H2,(H,10,14)(H,11,12). The maximum absolute atomic E-state index is 10.7. The van der Waals surface area contributed by atoms with Gasteiger partial charge in [0.15, 0.2) is 4.89 Å². The summed E-state index contributed by atoms with van der Waals surface area (Å²) in [6.07, 6.45) is 2.93. The number of carbonyl (C=O) groups is 1. The molecule has 0 aromatic heterocycles. The molecule has 0 aliphatic heterocycles. The number of hydrogen-bond acceptors (Lipinski definition) is 2. The highest BCUT2D eigenvalue weighted by Gasteiger charge is 2.27. The van der Waals surface area contributed by atoms with Gasteiger partial charge in [0.05, 0.1) is 5.92 Å². The Balaban J connectivity index is 2.36. The number of carboxylic acids is 1. The molecule has 0 saturated heterocycles. The van der Waals surface area contributed by atoms with Crippen molar-refractivity contribution >= 4 is 45.2 Å². The van der Waals surface area contributed by atoms with E-state index in [2.05, 4.69) is 5.09 Å². The van der Waals surface area contributed by atoms with E-state index in [0.717, 1.165) is 12.8 Å². The van der Waals surface area contributed by atoms with Crippen molar-refractivity contribution in [2.75, 3.05) is 0 Å². The van der Waals surface area contributed by atoms with Gasteiger partial charge in [-0.15, -0.1) is 0 Å². The molecule has 0 aromatic carbocycles. The fraction of sp³-hybridized carbons (Fsp3) is 0.857. The van der Waals surface area contributed by atoms with Crippen LogP contribution >= 0.6 is 27.4 Å². The zero-order valence-electron chi connectivity index (χ0n) is 7.45. The van der Waals surface area contributed by atoms with Crippen LogP contribution in [0.15, 0.2) is 0 Å². The van der Waals surface area contributed by atoms with E-state index in [1.807, 2.05) is 0 Å². The highest BCUT2D eigenvalue weighted by atomic mass is 35.9. The number of halogens is 2. The summed E-state index contributed by atoms with van der Waals surface area (Å²) in [7, 11) is 0. The molecule has 0 heterocycles. The van der Waals surface area contributed by atoms with Gasteiger partial charge in [0.25, 0.3) is 0 Å². The molecule has 0 amide bonds. The van der Waals surface area contributed by atoms with Gasteiger partial charge in [0.2, 0.25) is 0 Å². The molecule has 82 valence electrons. The van der Waals surface area contributed by atoms with E-state index in [1.54, 1.807) is 0 Å². The Morgan fingerprint density at radius 2 is 1.86 bits per heavy atom. The predicted molar refractivity (Wildman–Crippen MR) is 62.5 cm³/mol. The first-order valence-corrected chi connectivity index (χ1v) is 8.99. The van der Waals surface area contributed by atoms with Gasteiger partial charge >= 0.3 is 5.97 Å². The molecule has 0 unspecified atom stereocenters. The second kappa shape index (κ2) is 5.13. The van der Waals surface area contributed by atoms with E-state index in [9.17, 15) is 4.79 Å². The average Bonchev–Trinajstić information content (AvgIpc) is 2.02. The minimum Gasteiger partial charge on any atom is -0.481 e. The summed E-state index contributed by atoms with van der Waals surface area (Å²) >= 11 is 16.3. The van der Waals surface area contributed by atoms with E-state index < -0.39 is 10.9 Å². The lowest BCUT2D eigenvalue weighted by molar-refractivity contribution is -0.142. The lowest BCUT2D eigenvalue weighted by Gasteiger charge is -2.27. The molecule has 0 atom stereocenters. The monoisotopic (exact) mass is 275 g/mol. The first kappa shape index (κ1) is 12.7. The van der Waals surface area contributed by atoms with Crippen LogP contribution in [0, 0.1) is 5.92 Å². The number of rotatable bonds is 3. The molecule has 1 aliphatic rings. The van der Waals surface area contributed by atoms with Crippen molar-refractivity contribution in [1.82, 2.24) is 5.09 Å². The average molecular weight is 276 g/mol. The maximum atomic E-state index is 10.7. The molecule has 1 rings (SSSR count). The van der Waals surface area contributed by atoms with Crippen molar-refractivity contribution < 1.29 is 9.90 Å². The van der Waals surface area contributed by atoms with Crippen LogP contribution in [0.3, 0.4) is 0 Å². The highest BCUT2D eigenvalue weighted by molar-refractivity contribution is 8.38. The lowest BCUT2D eigenvalue weighted by atomic mass is 9.87. The maximum Gasteiger partial charge on any atom is 0.306 e. The number of carboxylic acid groups (broad SMARTS) is 1. The third-order valence-corrected chi connectivity index (χ3v) is 3.98. The summed E-state index contributed by atoms with van der Waals surface area (Å²) in [5, 5.41) is 11.8. The zero-order chi connectivity index (χ0) is 10.8. The van der Waals surface area contributed by atoms with Gasteiger partial charge in [0.1, 0.15) is 0 Å². The zero-order valence-corrected chi connectivity index (χ0v) is 10.7. The molecule has 1 fully saturated rings. The minimum atomic E-state index is -2.40. The Kier molecular flexibility index (Phi) is 4.66. The van der Waals surface area contributed by atoms with Crippen LogP contribution in [-0.4, -0.2) is 17.1 Å². The third kappa shape index (κ3) is 4.45. The van der Waals surface area contributed by atoms with Crippen LogP contribution in [0.1, 0.15) is 25.7 Å². The van der Waals surface area contributed by atoms with Crippen LogP contribution in [0.25, 0.3) is 0 Å². The smallest absolute Gasteiger partial charge is 0.306 e. The quantitative estimate of drug-likeness (QED) is 0.778. The topological polar surface area (TPSA) is 49.3 Å². The predicted octanol–water partition coefficient (Wildman–Crippen LogP) is 2.92. The van der Waals surface area contributed by atoms with Crippen LogP contribution in [0.5, 0.6) is 0 Å². The molecule has 0 radical (unpaired) electrons. The number of aliphatic carboxylic acids is 1. The van der Waals surface area contributed by atoms with E-state index in [0.29, 0.717) is 12.8 Å². The molecular weight excluding hydrogens is 264 g/mol. The van der Waals surface area contributed by atoms with Crippen molar-refractivity contribution in [3.8, 4) is 0 Å². The van der Waals surface area contributed by atoms with Gasteiger partial charge in [-0.1, -0.05) is 22.5 Å². The van der Waals surface area contributed by atoms with Crippen LogP contribution in [0.2, 0.25) is 0 Å². The van der Waals surface area contributed by atoms with Crippen molar-refractivity contribution in [1.29, 1.82) is 0 Å². The van der Waals surface area contributed by atoms with Gasteiger partial charge in [0, 0.05) is 6.04 Å². The normalized spacial score (nSPS) is 28.7. The van der Waals surface area contributed by atoms with Crippen molar-refractivity contribution in [2.24, 2.45) is 5.92 Å². The Labute approximate surface area is 97.8 Å². The first-order valence-electron chi connectivity index (χ1n) is 4.38. The number of nitrogens with one attached hydrogen (secondary N) is 1.